The monoisotopic (exact) mass is 338 g/mol. The number of nitrogens with zero attached hydrogens (tertiary/aromatic N) is 2. The molecule has 1 aliphatic rings. The van der Waals surface area contributed by atoms with E-state index >= 15 is 0 Å². The van der Waals surface area contributed by atoms with Crippen molar-refractivity contribution in [1.29, 1.82) is 0 Å². The summed E-state index contributed by atoms with van der Waals surface area (Å²) in [5.41, 5.74) is 9.91. The smallest absolute Gasteiger partial charge is 0.225 e. The molecule has 0 atom stereocenters. The zero-order chi connectivity index (χ0) is 17.6. The maximum absolute atomic E-state index is 11.7. The average Bonchev–Trinajstić information content (AvgIpc) is 2.63. The van der Waals surface area contributed by atoms with E-state index in [0.29, 0.717) is 6.42 Å². The Morgan fingerprint density at radius 3 is 2.44 bits per heavy atom. The van der Waals surface area contributed by atoms with Gasteiger partial charge in [-0.15, -0.1) is 0 Å². The van der Waals surface area contributed by atoms with Gasteiger partial charge in [-0.3, -0.25) is 4.79 Å². The Balaban J connectivity index is 1.70. The van der Waals surface area contributed by atoms with Gasteiger partial charge in [0.25, 0.3) is 0 Å². The highest BCUT2D eigenvalue weighted by Gasteiger charge is 2.14. The van der Waals surface area contributed by atoms with Crippen LogP contribution in [0.2, 0.25) is 0 Å². The Morgan fingerprint density at radius 1 is 1.04 bits per heavy atom. The summed E-state index contributed by atoms with van der Waals surface area (Å²) in [5.74, 6) is -0.0509. The van der Waals surface area contributed by atoms with E-state index in [1.807, 2.05) is 12.1 Å². The molecule has 0 bridgehead atoms. The van der Waals surface area contributed by atoms with Gasteiger partial charge in [-0.05, 0) is 35.9 Å². The van der Waals surface area contributed by atoms with Gasteiger partial charge < -0.3 is 20.9 Å². The SMILES string of the molecule is CN1CCN(c2ccc(-c3cccc(CC(=O)NCN)c3)cc2)CC1. The second kappa shape index (κ2) is 8.14. The molecule has 0 saturated carbocycles. The molecule has 1 saturated heterocycles. The third-order valence-corrected chi connectivity index (χ3v) is 4.66. The van der Waals surface area contributed by atoms with Crippen molar-refractivity contribution in [3.8, 4) is 11.1 Å². The molecule has 2 aromatic rings. The van der Waals surface area contributed by atoms with Gasteiger partial charge in [0.05, 0.1) is 13.1 Å². The Morgan fingerprint density at radius 2 is 1.76 bits per heavy atom. The zero-order valence-corrected chi connectivity index (χ0v) is 14.7. The van der Waals surface area contributed by atoms with Gasteiger partial charge >= 0.3 is 0 Å². The summed E-state index contributed by atoms with van der Waals surface area (Å²) in [6, 6.07) is 16.8. The molecule has 0 spiro atoms. The van der Waals surface area contributed by atoms with Crippen LogP contribution in [0.25, 0.3) is 11.1 Å². The normalized spacial score (nSPS) is 15.2. The maximum Gasteiger partial charge on any atom is 0.225 e. The van der Waals surface area contributed by atoms with Crippen molar-refractivity contribution in [2.24, 2.45) is 5.73 Å². The van der Waals surface area contributed by atoms with Gasteiger partial charge in [-0.25, -0.2) is 0 Å². The quantitative estimate of drug-likeness (QED) is 0.815. The lowest BCUT2D eigenvalue weighted by Gasteiger charge is -2.34. The van der Waals surface area contributed by atoms with Crippen LogP contribution in [0.4, 0.5) is 5.69 Å². The molecule has 0 unspecified atom stereocenters. The largest absolute Gasteiger partial charge is 0.369 e. The minimum Gasteiger partial charge on any atom is -0.369 e. The number of anilines is 1. The van der Waals surface area contributed by atoms with Crippen LogP contribution in [-0.2, 0) is 11.2 Å². The number of carbonyl (C=O) groups is 1. The van der Waals surface area contributed by atoms with E-state index in [9.17, 15) is 4.79 Å². The highest BCUT2D eigenvalue weighted by molar-refractivity contribution is 5.79. The van der Waals surface area contributed by atoms with E-state index in [1.165, 1.54) is 11.3 Å². The van der Waals surface area contributed by atoms with Crippen molar-refractivity contribution in [2.75, 3.05) is 44.8 Å². The number of nitrogens with two attached hydrogens (primary N) is 1. The van der Waals surface area contributed by atoms with Gasteiger partial charge in [0.1, 0.15) is 0 Å². The van der Waals surface area contributed by atoms with E-state index < -0.39 is 0 Å². The van der Waals surface area contributed by atoms with Crippen molar-refractivity contribution in [3.63, 3.8) is 0 Å². The summed E-state index contributed by atoms with van der Waals surface area (Å²) < 4.78 is 0. The number of rotatable bonds is 5. The molecule has 3 N–H and O–H groups in total. The molecule has 25 heavy (non-hydrogen) atoms. The van der Waals surface area contributed by atoms with Crippen molar-refractivity contribution in [3.05, 3.63) is 54.1 Å². The fourth-order valence-electron chi connectivity index (χ4n) is 3.15. The van der Waals surface area contributed by atoms with Crippen LogP contribution < -0.4 is 16.0 Å². The molecule has 1 aliphatic heterocycles. The number of benzene rings is 2. The predicted molar refractivity (Wildman–Crippen MR) is 102 cm³/mol. The lowest BCUT2D eigenvalue weighted by molar-refractivity contribution is -0.120. The van der Waals surface area contributed by atoms with Gasteiger partial charge in [-0.1, -0.05) is 36.4 Å². The zero-order valence-electron chi connectivity index (χ0n) is 14.7. The lowest BCUT2D eigenvalue weighted by atomic mass is 10.0. The van der Waals surface area contributed by atoms with Gasteiger partial charge in [0.2, 0.25) is 5.91 Å². The highest BCUT2D eigenvalue weighted by atomic mass is 16.1. The molecular formula is C20H26N4O. The molecule has 1 heterocycles. The summed E-state index contributed by atoms with van der Waals surface area (Å²) >= 11 is 0. The van der Waals surface area contributed by atoms with Crippen molar-refractivity contribution in [1.82, 2.24) is 10.2 Å². The fraction of sp³-hybridized carbons (Fsp3) is 0.350. The highest BCUT2D eigenvalue weighted by Crippen LogP contribution is 2.24. The minimum absolute atomic E-state index is 0.0509. The van der Waals surface area contributed by atoms with Gasteiger partial charge in [0, 0.05) is 31.9 Å². The Kier molecular flexibility index (Phi) is 5.68. The molecule has 5 heteroatoms. The lowest BCUT2D eigenvalue weighted by Crippen LogP contribution is -2.44. The second-order valence-corrected chi connectivity index (χ2v) is 6.52. The molecule has 3 rings (SSSR count). The molecular weight excluding hydrogens is 312 g/mol. The van der Waals surface area contributed by atoms with Crippen molar-refractivity contribution in [2.45, 2.75) is 6.42 Å². The van der Waals surface area contributed by atoms with Crippen molar-refractivity contribution < 1.29 is 4.79 Å². The van der Waals surface area contributed by atoms with E-state index in [0.717, 1.165) is 37.3 Å². The van der Waals surface area contributed by atoms with Crippen LogP contribution in [0.15, 0.2) is 48.5 Å². The minimum atomic E-state index is -0.0509. The summed E-state index contributed by atoms with van der Waals surface area (Å²) in [6.45, 7) is 4.53. The number of hydrogen-bond donors (Lipinski definition) is 2. The van der Waals surface area contributed by atoms with E-state index in [-0.39, 0.29) is 12.6 Å². The molecule has 2 aromatic carbocycles. The van der Waals surface area contributed by atoms with Crippen LogP contribution in [0, 0.1) is 0 Å². The fourth-order valence-corrected chi connectivity index (χ4v) is 3.15. The molecule has 132 valence electrons. The van der Waals surface area contributed by atoms with Crippen LogP contribution in [0.3, 0.4) is 0 Å². The van der Waals surface area contributed by atoms with Crippen LogP contribution >= 0.6 is 0 Å². The van der Waals surface area contributed by atoms with Gasteiger partial charge in [0.15, 0.2) is 0 Å². The number of carbonyl (C=O) groups excluding carboxylic acids is 1. The summed E-state index contributed by atoms with van der Waals surface area (Å²) in [5, 5.41) is 2.63. The number of piperazine rings is 1. The third kappa shape index (κ3) is 4.59. The summed E-state index contributed by atoms with van der Waals surface area (Å²) in [6.07, 6.45) is 0.352. The summed E-state index contributed by atoms with van der Waals surface area (Å²) in [7, 11) is 2.17. The van der Waals surface area contributed by atoms with Crippen LogP contribution in [0.1, 0.15) is 5.56 Å². The van der Waals surface area contributed by atoms with Crippen molar-refractivity contribution >= 4 is 11.6 Å². The molecule has 0 aromatic heterocycles. The van der Waals surface area contributed by atoms with Crippen LogP contribution in [0.5, 0.6) is 0 Å². The first kappa shape index (κ1) is 17.5. The Bertz CT molecular complexity index is 706. The van der Waals surface area contributed by atoms with Crippen LogP contribution in [-0.4, -0.2) is 50.7 Å². The molecule has 1 fully saturated rings. The first-order valence-electron chi connectivity index (χ1n) is 8.75. The standard InChI is InChI=1S/C20H26N4O/c1-23-9-11-24(12-10-23)19-7-5-17(6-8-19)18-4-2-3-16(13-18)14-20(25)22-15-21/h2-8,13H,9-12,14-15,21H2,1H3,(H,22,25). The number of nitrogens with one attached hydrogen (secondary N) is 1. The predicted octanol–water partition coefficient (Wildman–Crippen LogP) is 1.68. The molecule has 5 nitrogen and oxygen atoms in total. The Labute approximate surface area is 149 Å². The first-order valence-corrected chi connectivity index (χ1v) is 8.75. The van der Waals surface area contributed by atoms with E-state index in [2.05, 4.69) is 58.6 Å². The third-order valence-electron chi connectivity index (χ3n) is 4.66. The number of likely N-dealkylation sites (N-methyl/N-ethyl adjacent to an activating group) is 1. The first-order chi connectivity index (χ1) is 12.2. The summed E-state index contributed by atoms with van der Waals surface area (Å²) in [4.78, 5) is 16.5. The second-order valence-electron chi connectivity index (χ2n) is 6.52. The molecule has 1 amide bonds. The van der Waals surface area contributed by atoms with Gasteiger partial charge in [-0.2, -0.15) is 0 Å². The number of hydrogen-bond acceptors (Lipinski definition) is 4. The average molecular weight is 338 g/mol. The number of amides is 1. The Hall–Kier alpha value is -2.37. The molecule has 0 aliphatic carbocycles. The molecule has 0 radical (unpaired) electrons. The van der Waals surface area contributed by atoms with E-state index in [4.69, 9.17) is 5.73 Å². The topological polar surface area (TPSA) is 61.6 Å². The van der Waals surface area contributed by atoms with E-state index in [1.54, 1.807) is 0 Å². The maximum atomic E-state index is 11.7.